The van der Waals surface area contributed by atoms with Crippen molar-refractivity contribution < 1.29 is 0 Å². The number of rotatable bonds is 0. The van der Waals surface area contributed by atoms with E-state index in [4.69, 9.17) is 0 Å². The molecule has 0 aliphatic heterocycles. The summed E-state index contributed by atoms with van der Waals surface area (Å²) in [5.74, 6) is 0. The molecular formula is C4H9Li. The van der Waals surface area contributed by atoms with Crippen LogP contribution in [0.5, 0.6) is 0 Å². The van der Waals surface area contributed by atoms with Crippen molar-refractivity contribution in [2.24, 2.45) is 0 Å². The molecule has 0 spiro atoms. The molecule has 0 aliphatic carbocycles. The van der Waals surface area contributed by atoms with Crippen molar-refractivity contribution in [3.05, 3.63) is 12.2 Å². The van der Waals surface area contributed by atoms with Crippen molar-refractivity contribution in [2.45, 2.75) is 13.8 Å². The van der Waals surface area contributed by atoms with E-state index in [2.05, 4.69) is 0 Å². The topological polar surface area (TPSA) is 0 Å². The first-order chi connectivity index (χ1) is 1.91. The molecule has 0 radical (unpaired) electrons. The van der Waals surface area contributed by atoms with Crippen LogP contribution < -0.4 is 0 Å². The third kappa shape index (κ3) is 13.2. The van der Waals surface area contributed by atoms with Crippen LogP contribution in [0.2, 0.25) is 0 Å². The first kappa shape index (κ1) is 9.02. The summed E-state index contributed by atoms with van der Waals surface area (Å²) in [7, 11) is 0. The molecule has 0 aromatic rings. The second-order valence-electron chi connectivity index (χ2n) is 0.667. The van der Waals surface area contributed by atoms with Gasteiger partial charge in [0.1, 0.15) is 0 Å². The normalized spacial score (nSPS) is 7.60. The Balaban J connectivity index is 0. The van der Waals surface area contributed by atoms with Gasteiger partial charge in [0.2, 0.25) is 0 Å². The van der Waals surface area contributed by atoms with Gasteiger partial charge in [-0.2, -0.15) is 0 Å². The van der Waals surface area contributed by atoms with Gasteiger partial charge in [0.25, 0.3) is 0 Å². The summed E-state index contributed by atoms with van der Waals surface area (Å²) < 4.78 is 0. The Morgan fingerprint density at radius 3 is 1.20 bits per heavy atom. The van der Waals surface area contributed by atoms with E-state index >= 15 is 0 Å². The Bertz CT molecular complexity index is 18.8. The van der Waals surface area contributed by atoms with Gasteiger partial charge in [-0.05, 0) is 13.8 Å². The van der Waals surface area contributed by atoms with Gasteiger partial charge >= 0.3 is 18.9 Å². The molecule has 0 rings (SSSR count). The number of hydrogen-bond donors (Lipinski definition) is 0. The van der Waals surface area contributed by atoms with E-state index in [0.29, 0.717) is 0 Å². The monoisotopic (exact) mass is 64.1 g/mol. The average Bonchev–Trinajstić information content (AvgIpc) is 1.37. The zero-order valence-electron chi connectivity index (χ0n) is 3.15. The molecular weight excluding hydrogens is 55.0 g/mol. The molecule has 0 fully saturated rings. The molecule has 0 N–H and O–H groups in total. The summed E-state index contributed by atoms with van der Waals surface area (Å²) in [4.78, 5) is 0. The third-order valence-corrected chi connectivity index (χ3v) is 0.333. The Morgan fingerprint density at radius 1 is 1.00 bits per heavy atom. The average molecular weight is 64.1 g/mol. The molecule has 0 atom stereocenters. The first-order valence-electron chi connectivity index (χ1n) is 1.49. The molecule has 0 bridgehead atoms. The maximum absolute atomic E-state index is 2.00. The van der Waals surface area contributed by atoms with Gasteiger partial charge in [0.05, 0.1) is 0 Å². The van der Waals surface area contributed by atoms with Crippen LogP contribution in [0.25, 0.3) is 0 Å². The van der Waals surface area contributed by atoms with Gasteiger partial charge in [-0.25, -0.2) is 0 Å². The molecule has 0 aromatic carbocycles. The van der Waals surface area contributed by atoms with E-state index in [-0.39, 0.29) is 18.9 Å². The molecule has 0 unspecified atom stereocenters. The maximum atomic E-state index is 2.00. The van der Waals surface area contributed by atoms with Crippen LogP contribution in [0.4, 0.5) is 0 Å². The van der Waals surface area contributed by atoms with Crippen LogP contribution in [0, 0.1) is 0 Å². The molecule has 26 valence electrons. The number of allylic oxidation sites excluding steroid dienone is 2. The summed E-state index contributed by atoms with van der Waals surface area (Å²) in [6.45, 7) is 4.00. The van der Waals surface area contributed by atoms with Crippen LogP contribution in [0.3, 0.4) is 0 Å². The first-order valence-corrected chi connectivity index (χ1v) is 1.49. The molecule has 5 heavy (non-hydrogen) atoms. The van der Waals surface area contributed by atoms with Crippen LogP contribution in [-0.2, 0) is 0 Å². The van der Waals surface area contributed by atoms with Gasteiger partial charge < -0.3 is 0 Å². The van der Waals surface area contributed by atoms with Gasteiger partial charge in [-0.1, -0.05) is 12.2 Å². The van der Waals surface area contributed by atoms with E-state index in [1.807, 2.05) is 26.0 Å². The van der Waals surface area contributed by atoms with Crippen LogP contribution in [0.1, 0.15) is 13.8 Å². The van der Waals surface area contributed by atoms with Gasteiger partial charge in [0.15, 0.2) is 0 Å². The molecule has 0 heterocycles. The molecule has 0 aromatic heterocycles. The third-order valence-electron chi connectivity index (χ3n) is 0.333. The van der Waals surface area contributed by atoms with Gasteiger partial charge in [-0.3, -0.25) is 0 Å². The van der Waals surface area contributed by atoms with E-state index in [9.17, 15) is 0 Å². The summed E-state index contributed by atoms with van der Waals surface area (Å²) in [5, 5.41) is 0. The number of hydrogen-bond acceptors (Lipinski definition) is 0. The van der Waals surface area contributed by atoms with E-state index in [0.717, 1.165) is 0 Å². The van der Waals surface area contributed by atoms with Crippen molar-refractivity contribution in [3.8, 4) is 0 Å². The molecule has 0 aliphatic rings. The summed E-state index contributed by atoms with van der Waals surface area (Å²) in [6, 6.07) is 0. The van der Waals surface area contributed by atoms with Crippen molar-refractivity contribution in [3.63, 3.8) is 0 Å². The van der Waals surface area contributed by atoms with Crippen LogP contribution >= 0.6 is 0 Å². The SMILES string of the molecule is CC=CC.[LiH]. The fraction of sp³-hybridized carbons (Fsp3) is 0.500. The summed E-state index contributed by atoms with van der Waals surface area (Å²) in [6.07, 6.45) is 4.00. The minimum absolute atomic E-state index is 0. The van der Waals surface area contributed by atoms with Gasteiger partial charge in [0, 0.05) is 0 Å². The molecule has 0 saturated heterocycles. The zero-order chi connectivity index (χ0) is 3.41. The van der Waals surface area contributed by atoms with E-state index in [1.54, 1.807) is 0 Å². The quantitative estimate of drug-likeness (QED) is 0.290. The van der Waals surface area contributed by atoms with Crippen LogP contribution in [0.15, 0.2) is 12.2 Å². The van der Waals surface area contributed by atoms with Crippen molar-refractivity contribution in [1.29, 1.82) is 0 Å². The predicted molar refractivity (Wildman–Crippen MR) is 27.6 cm³/mol. The standard InChI is InChI=1S/C4H8.Li.H/c1-3-4-2;;/h3-4H,1-2H3;;. The molecule has 1 heteroatoms. The Labute approximate surface area is 45.4 Å². The van der Waals surface area contributed by atoms with Crippen LogP contribution in [-0.4, -0.2) is 18.9 Å². The molecule has 0 amide bonds. The minimum atomic E-state index is 0. The zero-order valence-corrected chi connectivity index (χ0v) is 3.15. The Hall–Kier alpha value is 0.337. The summed E-state index contributed by atoms with van der Waals surface area (Å²) >= 11 is 0. The van der Waals surface area contributed by atoms with Crippen molar-refractivity contribution in [2.75, 3.05) is 0 Å². The van der Waals surface area contributed by atoms with Crippen molar-refractivity contribution >= 4 is 18.9 Å². The van der Waals surface area contributed by atoms with Crippen molar-refractivity contribution in [1.82, 2.24) is 0 Å². The fourth-order valence-corrected chi connectivity index (χ4v) is 0. The predicted octanol–water partition coefficient (Wildman–Crippen LogP) is 0.934. The molecule has 0 nitrogen and oxygen atoms in total. The second kappa shape index (κ2) is 8.84. The fourth-order valence-electron chi connectivity index (χ4n) is 0. The Kier molecular flexibility index (Phi) is 15.9. The van der Waals surface area contributed by atoms with E-state index in [1.165, 1.54) is 0 Å². The second-order valence-corrected chi connectivity index (χ2v) is 0.667. The molecule has 0 saturated carbocycles. The Morgan fingerprint density at radius 2 is 1.20 bits per heavy atom. The summed E-state index contributed by atoms with van der Waals surface area (Å²) in [5.41, 5.74) is 0. The van der Waals surface area contributed by atoms with E-state index < -0.39 is 0 Å². The van der Waals surface area contributed by atoms with Gasteiger partial charge in [-0.15, -0.1) is 0 Å².